The molecule has 4 rings (SSSR count). The number of aromatic carboxylic acids is 1. The Bertz CT molecular complexity index is 2220. The summed E-state index contributed by atoms with van der Waals surface area (Å²) in [5.74, 6) is -3.14. The number of ketones is 4. The SMILES string of the molecule is CC(=O)c1cc(CO)cc(C(=O)O)c1.CCOC(=O)c1cc(C)cc(C(C)=O)c1.CCOC(=O)c1cc(C=O)cc(C(C)=O)c1.CCOC(=O)c1cc(CO)cc(C(C)=O)c1. The summed E-state index contributed by atoms with van der Waals surface area (Å²) in [5.41, 5.74) is 4.64. The number of hydrogen-bond acceptors (Lipinski definition) is 14. The zero-order chi connectivity index (χ0) is 46.4. The Morgan fingerprint density at radius 2 is 0.738 bits per heavy atom. The van der Waals surface area contributed by atoms with Gasteiger partial charge in [0.15, 0.2) is 23.1 Å². The van der Waals surface area contributed by atoms with E-state index >= 15 is 0 Å². The van der Waals surface area contributed by atoms with E-state index < -0.39 is 17.9 Å². The van der Waals surface area contributed by atoms with Crippen LogP contribution >= 0.6 is 0 Å². The fourth-order valence-electron chi connectivity index (χ4n) is 5.00. The van der Waals surface area contributed by atoms with Crippen LogP contribution in [0.4, 0.5) is 0 Å². The van der Waals surface area contributed by atoms with Gasteiger partial charge >= 0.3 is 23.9 Å². The second-order valence-electron chi connectivity index (χ2n) is 12.9. The average Bonchev–Trinajstić information content (AvgIpc) is 3.23. The van der Waals surface area contributed by atoms with E-state index in [9.17, 15) is 43.2 Å². The van der Waals surface area contributed by atoms with Gasteiger partial charge in [0.2, 0.25) is 0 Å². The molecule has 15 heteroatoms. The number of carboxylic acids is 1. The molecule has 0 aliphatic heterocycles. The van der Waals surface area contributed by atoms with Gasteiger partial charge in [-0.25, -0.2) is 19.2 Å². The number of carboxylic acid groups (broad SMARTS) is 1. The Morgan fingerprint density at radius 3 is 1.08 bits per heavy atom. The molecular weight excluding hydrogens is 792 g/mol. The fourth-order valence-corrected chi connectivity index (χ4v) is 5.00. The quantitative estimate of drug-likeness (QED) is 0.0507. The molecule has 0 atom stereocenters. The van der Waals surface area contributed by atoms with Gasteiger partial charge < -0.3 is 29.5 Å². The molecule has 4 aromatic rings. The maximum Gasteiger partial charge on any atom is 0.338 e. The first kappa shape index (κ1) is 52.0. The molecule has 0 unspecified atom stereocenters. The van der Waals surface area contributed by atoms with Crippen molar-refractivity contribution in [2.24, 2.45) is 0 Å². The van der Waals surface area contributed by atoms with Gasteiger partial charge in [-0.05, 0) is 145 Å². The Balaban J connectivity index is 0.000000407. The molecule has 61 heavy (non-hydrogen) atoms. The third kappa shape index (κ3) is 17.8. The maximum atomic E-state index is 11.5. The summed E-state index contributed by atoms with van der Waals surface area (Å²) in [6.45, 7) is 13.0. The van der Waals surface area contributed by atoms with Gasteiger partial charge in [0.05, 0.1) is 55.3 Å². The molecule has 0 radical (unpaired) electrons. The molecule has 0 aromatic heterocycles. The highest BCUT2D eigenvalue weighted by Gasteiger charge is 2.14. The summed E-state index contributed by atoms with van der Waals surface area (Å²) in [6, 6.07) is 18.0. The van der Waals surface area contributed by atoms with Crippen molar-refractivity contribution in [2.45, 2.75) is 68.6 Å². The van der Waals surface area contributed by atoms with Crippen LogP contribution in [-0.4, -0.2) is 88.4 Å². The summed E-state index contributed by atoms with van der Waals surface area (Å²) in [4.78, 5) is 100. The number of carbonyl (C=O) groups is 9. The first-order valence-electron chi connectivity index (χ1n) is 18.7. The van der Waals surface area contributed by atoms with Gasteiger partial charge in [0.1, 0.15) is 6.29 Å². The Kier molecular flexibility index (Phi) is 22.4. The van der Waals surface area contributed by atoms with E-state index in [0.717, 1.165) is 5.56 Å². The van der Waals surface area contributed by atoms with E-state index in [1.165, 1.54) is 76.2 Å². The highest BCUT2D eigenvalue weighted by Crippen LogP contribution is 2.15. The van der Waals surface area contributed by atoms with Crippen molar-refractivity contribution in [3.8, 4) is 0 Å². The van der Waals surface area contributed by atoms with E-state index in [4.69, 9.17) is 29.5 Å². The molecule has 0 saturated heterocycles. The number of esters is 3. The minimum Gasteiger partial charge on any atom is -0.478 e. The van der Waals surface area contributed by atoms with Crippen LogP contribution < -0.4 is 0 Å². The normalized spacial score (nSPS) is 9.80. The van der Waals surface area contributed by atoms with Crippen LogP contribution in [0, 0.1) is 6.92 Å². The number of aliphatic hydroxyl groups excluding tert-OH is 2. The van der Waals surface area contributed by atoms with Crippen LogP contribution in [-0.2, 0) is 27.4 Å². The standard InChI is InChI=1S/C12H14O4.C12H12O4.C12H14O3.C10H10O4/c2*1-3-16-12(15)11-5-9(7-13)4-10(6-11)8(2)14;1-4-15-12(14)11-6-8(2)5-10(7-11)9(3)13;1-6(12)8-2-7(5-11)3-9(4-8)10(13)14/h4-6,13H,3,7H2,1-2H3;4-7H,3H2,1-2H3;5-7H,4H2,1-3H3;2-4,11H,5H2,1H3,(H,13,14). The summed E-state index contributed by atoms with van der Waals surface area (Å²) >= 11 is 0. The Morgan fingerprint density at radius 1 is 0.459 bits per heavy atom. The third-order valence-corrected chi connectivity index (χ3v) is 7.93. The molecule has 0 aliphatic carbocycles. The smallest absolute Gasteiger partial charge is 0.338 e. The number of benzene rings is 4. The third-order valence-electron chi connectivity index (χ3n) is 7.93. The molecule has 4 aromatic carbocycles. The average molecular weight is 843 g/mol. The van der Waals surface area contributed by atoms with Crippen molar-refractivity contribution in [1.82, 2.24) is 0 Å². The van der Waals surface area contributed by atoms with E-state index in [1.807, 2.05) is 6.92 Å². The number of hydrogen-bond donors (Lipinski definition) is 3. The zero-order valence-electron chi connectivity index (χ0n) is 35.3. The lowest BCUT2D eigenvalue weighted by Crippen LogP contribution is -2.07. The number of aldehydes is 1. The molecule has 15 nitrogen and oxygen atoms in total. The van der Waals surface area contributed by atoms with Crippen LogP contribution in [0.1, 0.15) is 158 Å². The van der Waals surface area contributed by atoms with Crippen molar-refractivity contribution in [1.29, 1.82) is 0 Å². The van der Waals surface area contributed by atoms with Crippen molar-refractivity contribution in [2.75, 3.05) is 19.8 Å². The molecule has 0 amide bonds. The Labute approximate surface area is 353 Å². The molecular formula is C46H50O15. The molecule has 3 N–H and O–H groups in total. The first-order chi connectivity index (χ1) is 28.7. The number of Topliss-reactive ketones (excluding diaryl/α,β-unsaturated/α-hetero) is 4. The maximum absolute atomic E-state index is 11.5. The minimum absolute atomic E-state index is 0.0155. The highest BCUT2D eigenvalue weighted by atomic mass is 16.5. The van der Waals surface area contributed by atoms with Gasteiger partial charge in [-0.1, -0.05) is 0 Å². The summed E-state index contributed by atoms with van der Waals surface area (Å²) in [7, 11) is 0. The van der Waals surface area contributed by atoms with Gasteiger partial charge in [0.25, 0.3) is 0 Å². The number of ether oxygens (including phenoxy) is 3. The lowest BCUT2D eigenvalue weighted by molar-refractivity contribution is 0.0516. The molecule has 0 fully saturated rings. The van der Waals surface area contributed by atoms with Gasteiger partial charge in [-0.2, -0.15) is 0 Å². The van der Waals surface area contributed by atoms with Crippen molar-refractivity contribution >= 4 is 53.3 Å². The number of aliphatic hydroxyl groups is 2. The van der Waals surface area contributed by atoms with Gasteiger partial charge in [0, 0.05) is 27.8 Å². The molecule has 324 valence electrons. The van der Waals surface area contributed by atoms with Crippen LogP contribution in [0.5, 0.6) is 0 Å². The van der Waals surface area contributed by atoms with Crippen molar-refractivity contribution < 1.29 is 72.7 Å². The van der Waals surface area contributed by atoms with E-state index in [0.29, 0.717) is 57.4 Å². The van der Waals surface area contributed by atoms with Crippen LogP contribution in [0.3, 0.4) is 0 Å². The van der Waals surface area contributed by atoms with Crippen LogP contribution in [0.2, 0.25) is 0 Å². The fraction of sp³-hybridized carbons (Fsp3) is 0.283. The molecule has 0 heterocycles. The first-order valence-corrected chi connectivity index (χ1v) is 18.7. The second-order valence-corrected chi connectivity index (χ2v) is 12.9. The van der Waals surface area contributed by atoms with Crippen LogP contribution in [0.25, 0.3) is 0 Å². The van der Waals surface area contributed by atoms with Gasteiger partial charge in [-0.3, -0.25) is 24.0 Å². The van der Waals surface area contributed by atoms with Crippen LogP contribution in [0.15, 0.2) is 72.8 Å². The largest absolute Gasteiger partial charge is 0.478 e. The highest BCUT2D eigenvalue weighted by molar-refractivity contribution is 6.01. The summed E-state index contributed by atoms with van der Waals surface area (Å²) in [6.07, 6.45) is 0.592. The summed E-state index contributed by atoms with van der Waals surface area (Å²) < 4.78 is 14.5. The zero-order valence-corrected chi connectivity index (χ0v) is 35.3. The molecule has 0 bridgehead atoms. The predicted octanol–water partition coefficient (Wildman–Crippen LogP) is 6.89. The lowest BCUT2D eigenvalue weighted by atomic mass is 10.0. The van der Waals surface area contributed by atoms with Crippen molar-refractivity contribution in [3.63, 3.8) is 0 Å². The molecule has 0 spiro atoms. The van der Waals surface area contributed by atoms with E-state index in [-0.39, 0.29) is 72.2 Å². The van der Waals surface area contributed by atoms with Gasteiger partial charge in [-0.15, -0.1) is 0 Å². The predicted molar refractivity (Wildman–Crippen MR) is 223 cm³/mol. The number of rotatable bonds is 14. The summed E-state index contributed by atoms with van der Waals surface area (Å²) in [5, 5.41) is 26.6. The topological polar surface area (TPSA) is 242 Å². The van der Waals surface area contributed by atoms with E-state index in [1.54, 1.807) is 45.0 Å². The lowest BCUT2D eigenvalue weighted by Gasteiger charge is -2.06. The Hall–Kier alpha value is -6.97. The molecule has 0 saturated carbocycles. The molecule has 0 aliphatic rings. The number of carbonyl (C=O) groups excluding carboxylic acids is 8. The minimum atomic E-state index is -1.11. The van der Waals surface area contributed by atoms with Crippen molar-refractivity contribution in [3.05, 3.63) is 140 Å². The monoisotopic (exact) mass is 842 g/mol. The van der Waals surface area contributed by atoms with E-state index in [2.05, 4.69) is 0 Å². The number of aryl methyl sites for hydroxylation is 1. The second kappa shape index (κ2) is 26.2.